The number of para-hydroxylation sites is 1. The van der Waals surface area contributed by atoms with Crippen molar-refractivity contribution >= 4 is 51.0 Å². The van der Waals surface area contributed by atoms with Crippen molar-refractivity contribution in [2.75, 3.05) is 10.8 Å². The fourth-order valence-electron chi connectivity index (χ4n) is 4.27. The van der Waals surface area contributed by atoms with Crippen LogP contribution in [0.15, 0.2) is 82.8 Å². The van der Waals surface area contributed by atoms with Crippen LogP contribution in [0.25, 0.3) is 5.69 Å². The molecule has 0 saturated heterocycles. The molecule has 0 aliphatic carbocycles. The van der Waals surface area contributed by atoms with Gasteiger partial charge in [-0.15, -0.1) is 0 Å². The molecule has 0 aliphatic heterocycles. The maximum Gasteiger partial charge on any atom is 0.264 e. The maximum absolute atomic E-state index is 13.6. The highest BCUT2D eigenvalue weighted by Crippen LogP contribution is 2.29. The first-order valence-corrected chi connectivity index (χ1v) is 14.3. The second-order valence-corrected chi connectivity index (χ2v) is 11.9. The summed E-state index contributed by atoms with van der Waals surface area (Å²) in [5.41, 5.74) is 7.77. The van der Waals surface area contributed by atoms with Crippen molar-refractivity contribution in [3.63, 3.8) is 0 Å². The van der Waals surface area contributed by atoms with Crippen molar-refractivity contribution in [3.8, 4) is 5.69 Å². The highest BCUT2D eigenvalue weighted by Gasteiger charge is 2.28. The molecule has 1 aromatic heterocycles. The number of hydrazone groups is 1. The lowest BCUT2D eigenvalue weighted by Crippen LogP contribution is -2.40. The number of aryl methyl sites for hydroxylation is 3. The molecule has 0 atom stereocenters. The number of nitrogens with zero attached hydrogens (tertiary/aromatic N) is 3. The Morgan fingerprint density at radius 2 is 1.67 bits per heavy atom. The van der Waals surface area contributed by atoms with E-state index in [2.05, 4.69) is 10.5 Å². The molecule has 10 heteroatoms. The first-order chi connectivity index (χ1) is 18.5. The van der Waals surface area contributed by atoms with Crippen molar-refractivity contribution in [1.82, 2.24) is 9.99 Å². The third-order valence-corrected chi connectivity index (χ3v) is 8.62. The number of anilines is 1. The Hall–Kier alpha value is -3.59. The second-order valence-electron chi connectivity index (χ2n) is 9.16. The molecule has 0 fully saturated rings. The smallest absolute Gasteiger partial charge is 0.264 e. The number of carbonyl (C=O) groups excluding carboxylic acids is 1. The predicted molar refractivity (Wildman–Crippen MR) is 158 cm³/mol. The number of benzene rings is 3. The van der Waals surface area contributed by atoms with E-state index in [0.29, 0.717) is 15.7 Å². The normalized spacial score (nSPS) is 11.6. The van der Waals surface area contributed by atoms with Gasteiger partial charge >= 0.3 is 0 Å². The zero-order chi connectivity index (χ0) is 28.3. The number of hydrogen-bond acceptors (Lipinski definition) is 4. The molecule has 39 heavy (non-hydrogen) atoms. The lowest BCUT2D eigenvalue weighted by Gasteiger charge is -2.25. The molecule has 4 rings (SSSR count). The van der Waals surface area contributed by atoms with E-state index < -0.39 is 22.5 Å². The van der Waals surface area contributed by atoms with E-state index in [1.165, 1.54) is 18.3 Å². The van der Waals surface area contributed by atoms with Gasteiger partial charge in [-0.25, -0.2) is 13.8 Å². The Morgan fingerprint density at radius 1 is 0.974 bits per heavy atom. The molecule has 4 aromatic rings. The van der Waals surface area contributed by atoms with Crippen molar-refractivity contribution < 1.29 is 13.2 Å². The lowest BCUT2D eigenvalue weighted by molar-refractivity contribution is -0.119. The molecule has 0 bridgehead atoms. The van der Waals surface area contributed by atoms with Gasteiger partial charge in [0.2, 0.25) is 0 Å². The topological polar surface area (TPSA) is 83.8 Å². The van der Waals surface area contributed by atoms with E-state index in [4.69, 9.17) is 23.2 Å². The highest BCUT2D eigenvalue weighted by molar-refractivity contribution is 7.92. The minimum absolute atomic E-state index is 0.0970. The Kier molecular flexibility index (Phi) is 8.49. The Bertz CT molecular complexity index is 1660. The summed E-state index contributed by atoms with van der Waals surface area (Å²) in [6.45, 7) is 7.06. The molecular weight excluding hydrogens is 555 g/mol. The Labute approximate surface area is 238 Å². The third kappa shape index (κ3) is 6.19. The van der Waals surface area contributed by atoms with Gasteiger partial charge in [0, 0.05) is 22.0 Å². The van der Waals surface area contributed by atoms with Crippen LogP contribution >= 0.6 is 23.2 Å². The number of halogens is 2. The molecule has 1 heterocycles. The molecule has 0 unspecified atom stereocenters. The van der Waals surface area contributed by atoms with E-state index in [-0.39, 0.29) is 4.90 Å². The minimum atomic E-state index is -4.02. The van der Waals surface area contributed by atoms with Crippen LogP contribution in [0, 0.1) is 27.7 Å². The van der Waals surface area contributed by atoms with Crippen molar-refractivity contribution in [3.05, 3.63) is 111 Å². The molecule has 1 amide bonds. The van der Waals surface area contributed by atoms with Gasteiger partial charge in [-0.1, -0.05) is 59.1 Å². The van der Waals surface area contributed by atoms with Crippen LogP contribution in [0.3, 0.4) is 0 Å². The quantitative estimate of drug-likeness (QED) is 0.194. The average Bonchev–Trinajstić information content (AvgIpc) is 3.17. The van der Waals surface area contributed by atoms with Gasteiger partial charge in [0.05, 0.1) is 27.5 Å². The second kappa shape index (κ2) is 11.7. The number of hydrogen-bond donors (Lipinski definition) is 1. The number of aromatic nitrogens is 1. The largest absolute Gasteiger partial charge is 0.316 e. The molecule has 0 saturated carbocycles. The van der Waals surface area contributed by atoms with Gasteiger partial charge < -0.3 is 4.57 Å². The predicted octanol–water partition coefficient (Wildman–Crippen LogP) is 6.36. The summed E-state index contributed by atoms with van der Waals surface area (Å²) in [6, 6.07) is 20.7. The van der Waals surface area contributed by atoms with Gasteiger partial charge in [-0.05, 0) is 75.7 Å². The summed E-state index contributed by atoms with van der Waals surface area (Å²) in [4.78, 5) is 13.0. The monoisotopic (exact) mass is 582 g/mol. The lowest BCUT2D eigenvalue weighted by atomic mass is 10.2. The number of amides is 1. The first kappa shape index (κ1) is 28.4. The SMILES string of the molecule is Cc1ccc(S(=O)(=O)N(CC(=O)N/N=C\c2cc(C)n(-c3cc(Cl)ccc3Cl)c2C)c2ccccc2C)cc1. The van der Waals surface area contributed by atoms with Gasteiger partial charge in [-0.3, -0.25) is 9.10 Å². The summed E-state index contributed by atoms with van der Waals surface area (Å²) in [5.74, 6) is -0.586. The molecule has 7 nitrogen and oxygen atoms in total. The van der Waals surface area contributed by atoms with Crippen LogP contribution in [0.2, 0.25) is 10.0 Å². The van der Waals surface area contributed by atoms with Crippen LogP contribution < -0.4 is 9.73 Å². The molecule has 202 valence electrons. The zero-order valence-electron chi connectivity index (χ0n) is 21.9. The van der Waals surface area contributed by atoms with E-state index in [1.807, 2.05) is 37.5 Å². The van der Waals surface area contributed by atoms with Gasteiger partial charge in [-0.2, -0.15) is 5.10 Å². The Balaban J connectivity index is 1.57. The first-order valence-electron chi connectivity index (χ1n) is 12.1. The fourth-order valence-corrected chi connectivity index (χ4v) is 6.12. The minimum Gasteiger partial charge on any atom is -0.316 e. The van der Waals surface area contributed by atoms with Crippen LogP contribution in [0.4, 0.5) is 5.69 Å². The summed E-state index contributed by atoms with van der Waals surface area (Å²) in [5, 5.41) is 5.21. The standard InChI is InChI=1S/C29H28Cl2N4O3S/c1-19-9-12-25(13-10-19)39(37,38)34(27-8-6-5-7-20(27)2)18-29(36)33-32-17-23-15-21(3)35(22(23)4)28-16-24(30)11-14-26(28)31/h5-17H,18H2,1-4H3,(H,33,36)/b32-17-. The van der Waals surface area contributed by atoms with Gasteiger partial charge in [0.25, 0.3) is 15.9 Å². The summed E-state index contributed by atoms with van der Waals surface area (Å²) < 4.78 is 30.2. The average molecular weight is 584 g/mol. The van der Waals surface area contributed by atoms with Crippen LogP contribution in [-0.2, 0) is 14.8 Å². The van der Waals surface area contributed by atoms with E-state index in [9.17, 15) is 13.2 Å². The Morgan fingerprint density at radius 3 is 2.36 bits per heavy atom. The van der Waals surface area contributed by atoms with Crippen LogP contribution in [0.5, 0.6) is 0 Å². The van der Waals surface area contributed by atoms with Gasteiger partial charge in [0.15, 0.2) is 0 Å². The number of sulfonamides is 1. The van der Waals surface area contributed by atoms with E-state index in [0.717, 1.165) is 38.1 Å². The molecular formula is C29H28Cl2N4O3S. The summed E-state index contributed by atoms with van der Waals surface area (Å²) in [6.07, 6.45) is 1.52. The van der Waals surface area contributed by atoms with Crippen LogP contribution in [-0.4, -0.2) is 31.7 Å². The van der Waals surface area contributed by atoms with Crippen molar-refractivity contribution in [1.29, 1.82) is 0 Å². The molecule has 3 aromatic carbocycles. The zero-order valence-corrected chi connectivity index (χ0v) is 24.3. The number of carbonyl (C=O) groups is 1. The maximum atomic E-state index is 13.6. The molecule has 0 radical (unpaired) electrons. The van der Waals surface area contributed by atoms with Crippen LogP contribution in [0.1, 0.15) is 28.1 Å². The van der Waals surface area contributed by atoms with Crippen molar-refractivity contribution in [2.24, 2.45) is 5.10 Å². The molecule has 1 N–H and O–H groups in total. The van der Waals surface area contributed by atoms with E-state index >= 15 is 0 Å². The number of nitrogens with one attached hydrogen (secondary N) is 1. The fraction of sp³-hybridized carbons (Fsp3) is 0.172. The van der Waals surface area contributed by atoms with Gasteiger partial charge in [0.1, 0.15) is 6.54 Å². The highest BCUT2D eigenvalue weighted by atomic mass is 35.5. The summed E-state index contributed by atoms with van der Waals surface area (Å²) >= 11 is 12.6. The molecule has 0 aliphatic rings. The third-order valence-electron chi connectivity index (χ3n) is 6.29. The molecule has 0 spiro atoms. The van der Waals surface area contributed by atoms with Crippen molar-refractivity contribution in [2.45, 2.75) is 32.6 Å². The summed E-state index contributed by atoms with van der Waals surface area (Å²) in [7, 11) is -4.02. The number of rotatable bonds is 8. The van der Waals surface area contributed by atoms with E-state index in [1.54, 1.807) is 55.5 Å².